The van der Waals surface area contributed by atoms with E-state index in [1.807, 2.05) is 36.6 Å². The van der Waals surface area contributed by atoms with E-state index in [0.717, 1.165) is 22.0 Å². The van der Waals surface area contributed by atoms with Crippen LogP contribution in [0.2, 0.25) is 5.02 Å². The average Bonchev–Trinajstić information content (AvgIpc) is 3.20. The SMILES string of the molecule is Cc1nc(-c2cccc(NC(=O)CN3CCN(C(=O)c4cccc(Cl)c4)CC3)c2)cs1. The first kappa shape index (κ1) is 21.5. The topological polar surface area (TPSA) is 65.5 Å². The number of aryl methyl sites for hydroxylation is 1. The van der Waals surface area contributed by atoms with Gasteiger partial charge in [-0.1, -0.05) is 29.8 Å². The van der Waals surface area contributed by atoms with E-state index < -0.39 is 0 Å². The Morgan fingerprint density at radius 2 is 1.87 bits per heavy atom. The van der Waals surface area contributed by atoms with E-state index in [0.29, 0.717) is 43.3 Å². The van der Waals surface area contributed by atoms with Crippen molar-refractivity contribution in [2.75, 3.05) is 38.0 Å². The number of amides is 2. The Bertz CT molecular complexity index is 1090. The minimum absolute atomic E-state index is 0.0271. The number of nitrogens with one attached hydrogen (secondary N) is 1. The van der Waals surface area contributed by atoms with Crippen LogP contribution in [0, 0.1) is 6.92 Å². The van der Waals surface area contributed by atoms with Crippen molar-refractivity contribution in [2.24, 2.45) is 0 Å². The molecule has 0 unspecified atom stereocenters. The molecule has 8 heteroatoms. The van der Waals surface area contributed by atoms with Crippen LogP contribution in [0.4, 0.5) is 5.69 Å². The van der Waals surface area contributed by atoms with Gasteiger partial charge in [0.25, 0.3) is 5.91 Å². The third-order valence-corrected chi connectivity index (χ3v) is 6.17. The molecule has 3 aromatic rings. The highest BCUT2D eigenvalue weighted by atomic mass is 35.5. The summed E-state index contributed by atoms with van der Waals surface area (Å²) < 4.78 is 0. The maximum atomic E-state index is 12.6. The minimum Gasteiger partial charge on any atom is -0.336 e. The van der Waals surface area contributed by atoms with Crippen LogP contribution in [-0.4, -0.2) is 59.3 Å². The lowest BCUT2D eigenvalue weighted by Gasteiger charge is -2.34. The van der Waals surface area contributed by atoms with Crippen molar-refractivity contribution >= 4 is 40.4 Å². The van der Waals surface area contributed by atoms with Gasteiger partial charge in [0.2, 0.25) is 5.91 Å². The van der Waals surface area contributed by atoms with Crippen molar-refractivity contribution in [2.45, 2.75) is 6.92 Å². The van der Waals surface area contributed by atoms with Crippen LogP contribution in [0.25, 0.3) is 11.3 Å². The predicted molar refractivity (Wildman–Crippen MR) is 125 cm³/mol. The van der Waals surface area contributed by atoms with Gasteiger partial charge >= 0.3 is 0 Å². The van der Waals surface area contributed by atoms with Crippen LogP contribution < -0.4 is 5.32 Å². The van der Waals surface area contributed by atoms with Crippen LogP contribution in [0.5, 0.6) is 0 Å². The summed E-state index contributed by atoms with van der Waals surface area (Å²) in [5.41, 5.74) is 3.24. The van der Waals surface area contributed by atoms with E-state index in [1.165, 1.54) is 0 Å². The molecule has 0 radical (unpaired) electrons. The molecular weight excluding hydrogens is 432 g/mol. The molecule has 1 aliphatic rings. The molecule has 2 heterocycles. The van der Waals surface area contributed by atoms with Crippen LogP contribution in [0.3, 0.4) is 0 Å². The Balaban J connectivity index is 1.29. The standard InChI is InChI=1S/C23H23ClN4O2S/c1-16-25-21(15-31-16)17-4-3-7-20(13-17)26-22(29)14-27-8-10-28(11-9-27)23(30)18-5-2-6-19(24)12-18/h2-7,12-13,15H,8-11,14H2,1H3,(H,26,29). The van der Waals surface area contributed by atoms with Crippen molar-refractivity contribution in [1.82, 2.24) is 14.8 Å². The third-order valence-electron chi connectivity index (χ3n) is 5.16. The molecule has 0 bridgehead atoms. The number of thiazole rings is 1. The first-order valence-corrected chi connectivity index (χ1v) is 11.3. The Kier molecular flexibility index (Phi) is 6.65. The summed E-state index contributed by atoms with van der Waals surface area (Å²) in [6.07, 6.45) is 0. The first-order chi connectivity index (χ1) is 15.0. The predicted octanol–water partition coefficient (Wildman–Crippen LogP) is 4.17. The van der Waals surface area contributed by atoms with Crippen molar-refractivity contribution in [3.05, 3.63) is 69.5 Å². The van der Waals surface area contributed by atoms with E-state index in [4.69, 9.17) is 11.6 Å². The highest BCUT2D eigenvalue weighted by Crippen LogP contribution is 2.24. The van der Waals surface area contributed by atoms with Crippen molar-refractivity contribution in [1.29, 1.82) is 0 Å². The number of rotatable bonds is 5. The highest BCUT2D eigenvalue weighted by Gasteiger charge is 2.23. The first-order valence-electron chi connectivity index (χ1n) is 10.1. The number of anilines is 1. The summed E-state index contributed by atoms with van der Waals surface area (Å²) in [5.74, 6) is -0.0954. The van der Waals surface area contributed by atoms with Gasteiger partial charge in [-0.2, -0.15) is 0 Å². The molecule has 2 aromatic carbocycles. The third kappa shape index (κ3) is 5.50. The number of nitrogens with zero attached hydrogens (tertiary/aromatic N) is 3. The lowest BCUT2D eigenvalue weighted by molar-refractivity contribution is -0.117. The number of benzene rings is 2. The number of piperazine rings is 1. The maximum absolute atomic E-state index is 12.6. The Morgan fingerprint density at radius 3 is 2.58 bits per heavy atom. The molecule has 1 fully saturated rings. The zero-order valence-electron chi connectivity index (χ0n) is 17.2. The molecule has 160 valence electrons. The molecule has 0 spiro atoms. The molecule has 0 atom stereocenters. The van der Waals surface area contributed by atoms with Crippen LogP contribution >= 0.6 is 22.9 Å². The lowest BCUT2D eigenvalue weighted by atomic mass is 10.1. The summed E-state index contributed by atoms with van der Waals surface area (Å²) >= 11 is 7.60. The molecule has 4 rings (SSSR count). The molecule has 6 nitrogen and oxygen atoms in total. The van der Waals surface area contributed by atoms with Gasteiger partial charge in [-0.15, -0.1) is 11.3 Å². The molecule has 31 heavy (non-hydrogen) atoms. The largest absolute Gasteiger partial charge is 0.336 e. The number of hydrogen-bond donors (Lipinski definition) is 1. The second-order valence-electron chi connectivity index (χ2n) is 7.46. The van der Waals surface area contributed by atoms with Gasteiger partial charge in [-0.25, -0.2) is 4.98 Å². The van der Waals surface area contributed by atoms with Gasteiger partial charge in [0.1, 0.15) is 0 Å². The molecule has 1 N–H and O–H groups in total. The van der Waals surface area contributed by atoms with Crippen molar-refractivity contribution < 1.29 is 9.59 Å². The number of halogens is 1. The number of hydrogen-bond acceptors (Lipinski definition) is 5. The number of aromatic nitrogens is 1. The molecule has 0 aliphatic carbocycles. The summed E-state index contributed by atoms with van der Waals surface area (Å²) in [7, 11) is 0. The normalized spacial score (nSPS) is 14.5. The van der Waals surface area contributed by atoms with Gasteiger partial charge in [-0.05, 0) is 37.3 Å². The van der Waals surface area contributed by atoms with Crippen LogP contribution in [0.1, 0.15) is 15.4 Å². The van der Waals surface area contributed by atoms with Gasteiger partial charge < -0.3 is 10.2 Å². The zero-order chi connectivity index (χ0) is 21.8. The molecule has 1 aliphatic heterocycles. The van der Waals surface area contributed by atoms with Crippen molar-refractivity contribution in [3.8, 4) is 11.3 Å². The highest BCUT2D eigenvalue weighted by molar-refractivity contribution is 7.09. The Labute approximate surface area is 190 Å². The minimum atomic E-state index is -0.0683. The molecule has 0 saturated carbocycles. The molecule has 1 aromatic heterocycles. The summed E-state index contributed by atoms with van der Waals surface area (Å²) in [6, 6.07) is 14.7. The summed E-state index contributed by atoms with van der Waals surface area (Å²) in [5, 5.41) is 6.55. The van der Waals surface area contributed by atoms with Crippen LogP contribution in [0.15, 0.2) is 53.9 Å². The average molecular weight is 455 g/mol. The fraction of sp³-hybridized carbons (Fsp3) is 0.261. The van der Waals surface area contributed by atoms with Gasteiger partial charge in [0.05, 0.1) is 17.2 Å². The fourth-order valence-corrected chi connectivity index (χ4v) is 4.38. The molecule has 1 saturated heterocycles. The quantitative estimate of drug-likeness (QED) is 0.628. The fourth-order valence-electron chi connectivity index (χ4n) is 3.57. The van der Waals surface area contributed by atoms with E-state index in [-0.39, 0.29) is 11.8 Å². The van der Waals surface area contributed by atoms with E-state index in [1.54, 1.807) is 40.5 Å². The van der Waals surface area contributed by atoms with Gasteiger partial charge in [0.15, 0.2) is 0 Å². The summed E-state index contributed by atoms with van der Waals surface area (Å²) in [4.78, 5) is 33.5. The molecular formula is C23H23ClN4O2S. The van der Waals surface area contributed by atoms with E-state index >= 15 is 0 Å². The zero-order valence-corrected chi connectivity index (χ0v) is 18.7. The summed E-state index contributed by atoms with van der Waals surface area (Å²) in [6.45, 7) is 4.73. The molecule has 2 amide bonds. The van der Waals surface area contributed by atoms with Crippen molar-refractivity contribution in [3.63, 3.8) is 0 Å². The Hall–Kier alpha value is -2.74. The lowest BCUT2D eigenvalue weighted by Crippen LogP contribution is -2.50. The van der Waals surface area contributed by atoms with Crippen LogP contribution in [-0.2, 0) is 4.79 Å². The smallest absolute Gasteiger partial charge is 0.253 e. The second-order valence-corrected chi connectivity index (χ2v) is 8.96. The second kappa shape index (κ2) is 9.60. The van der Waals surface area contributed by atoms with Gasteiger partial charge in [-0.3, -0.25) is 14.5 Å². The monoisotopic (exact) mass is 454 g/mol. The van der Waals surface area contributed by atoms with E-state index in [2.05, 4.69) is 15.2 Å². The Morgan fingerprint density at radius 1 is 1.10 bits per heavy atom. The number of carbonyl (C=O) groups excluding carboxylic acids is 2. The number of carbonyl (C=O) groups is 2. The maximum Gasteiger partial charge on any atom is 0.253 e. The van der Waals surface area contributed by atoms with E-state index in [9.17, 15) is 9.59 Å². The van der Waals surface area contributed by atoms with Gasteiger partial charge in [0, 0.05) is 53.4 Å².